The summed E-state index contributed by atoms with van der Waals surface area (Å²) >= 11 is 0. The van der Waals surface area contributed by atoms with Crippen molar-refractivity contribution < 1.29 is 13.9 Å². The van der Waals surface area contributed by atoms with Crippen molar-refractivity contribution in [3.05, 3.63) is 102 Å². The third-order valence-electron chi connectivity index (χ3n) is 4.23. The van der Waals surface area contributed by atoms with Gasteiger partial charge in [-0.15, -0.1) is 0 Å². The predicted molar refractivity (Wildman–Crippen MR) is 102 cm³/mol. The van der Waals surface area contributed by atoms with Gasteiger partial charge >= 0.3 is 0 Å². The van der Waals surface area contributed by atoms with Crippen molar-refractivity contribution in [2.45, 2.75) is 6.61 Å². The topological polar surface area (TPSA) is 67.9 Å². The number of halogens is 1. The predicted octanol–water partition coefficient (Wildman–Crippen LogP) is 4.42. The number of nitrogens with one attached hydrogen (secondary N) is 1. The van der Waals surface area contributed by atoms with E-state index < -0.39 is 0 Å². The van der Waals surface area contributed by atoms with Crippen molar-refractivity contribution in [1.29, 1.82) is 0 Å². The Morgan fingerprint density at radius 2 is 1.89 bits per heavy atom. The Kier molecular flexibility index (Phi) is 4.93. The number of rotatable bonds is 6. The van der Waals surface area contributed by atoms with Gasteiger partial charge in [0.25, 0.3) is 0 Å². The molecule has 138 valence electrons. The van der Waals surface area contributed by atoms with E-state index in [0.29, 0.717) is 34.7 Å². The molecule has 0 aliphatic heterocycles. The van der Waals surface area contributed by atoms with E-state index in [-0.39, 0.29) is 11.6 Å². The minimum atomic E-state index is -0.339. The Morgan fingerprint density at radius 1 is 1.04 bits per heavy atom. The summed E-state index contributed by atoms with van der Waals surface area (Å²) in [6.45, 7) is 0.311. The van der Waals surface area contributed by atoms with Crippen LogP contribution in [0, 0.1) is 5.82 Å². The van der Waals surface area contributed by atoms with Gasteiger partial charge in [-0.25, -0.2) is 4.39 Å². The highest BCUT2D eigenvalue weighted by atomic mass is 19.1. The van der Waals surface area contributed by atoms with Crippen molar-refractivity contribution in [2.75, 3.05) is 0 Å². The molecule has 0 amide bonds. The van der Waals surface area contributed by atoms with Crippen molar-refractivity contribution in [3.63, 3.8) is 0 Å². The molecule has 1 N–H and O–H groups in total. The average molecular weight is 373 g/mol. The van der Waals surface area contributed by atoms with E-state index in [1.807, 2.05) is 18.2 Å². The number of carbonyl (C=O) groups is 1. The van der Waals surface area contributed by atoms with Crippen LogP contribution in [0.4, 0.5) is 4.39 Å². The average Bonchev–Trinajstić information content (AvgIpc) is 3.23. The monoisotopic (exact) mass is 373 g/mol. The van der Waals surface area contributed by atoms with Crippen LogP contribution in [0.1, 0.15) is 21.6 Å². The summed E-state index contributed by atoms with van der Waals surface area (Å²) in [5.74, 6) is 0.0357. The van der Waals surface area contributed by atoms with Gasteiger partial charge in [-0.3, -0.25) is 14.9 Å². The first-order chi connectivity index (χ1) is 13.7. The van der Waals surface area contributed by atoms with Gasteiger partial charge in [0.2, 0.25) is 0 Å². The fourth-order valence-corrected chi connectivity index (χ4v) is 2.82. The van der Waals surface area contributed by atoms with Gasteiger partial charge in [-0.2, -0.15) is 5.10 Å². The summed E-state index contributed by atoms with van der Waals surface area (Å²) in [5, 5.41) is 6.81. The number of ether oxygens (including phenoxy) is 1. The molecule has 2 heterocycles. The van der Waals surface area contributed by atoms with E-state index in [9.17, 15) is 9.18 Å². The first-order valence-corrected chi connectivity index (χ1v) is 8.67. The lowest BCUT2D eigenvalue weighted by Crippen LogP contribution is -2.03. The molecular weight excluding hydrogens is 357 g/mol. The molecule has 0 radical (unpaired) electrons. The van der Waals surface area contributed by atoms with Gasteiger partial charge in [0.05, 0.1) is 23.1 Å². The van der Waals surface area contributed by atoms with Crippen LogP contribution in [0.15, 0.2) is 79.1 Å². The summed E-state index contributed by atoms with van der Waals surface area (Å²) in [4.78, 5) is 17.2. The highest BCUT2D eigenvalue weighted by Crippen LogP contribution is 2.25. The minimum Gasteiger partial charge on any atom is -0.487 e. The zero-order valence-electron chi connectivity index (χ0n) is 14.8. The van der Waals surface area contributed by atoms with Gasteiger partial charge in [0, 0.05) is 17.3 Å². The minimum absolute atomic E-state index is 0.198. The lowest BCUT2D eigenvalue weighted by Gasteiger charge is -2.08. The van der Waals surface area contributed by atoms with Gasteiger partial charge in [-0.05, 0) is 48.5 Å². The number of ketones is 1. The number of hydrogen-bond acceptors (Lipinski definition) is 4. The third kappa shape index (κ3) is 3.81. The standard InChI is InChI=1S/C22H16FN3O2/c23-17-9-7-15(8-10-17)21-20(13-25-26-21)22(27)16-4-3-6-19(12-16)28-14-18-5-1-2-11-24-18/h1-13H,14H2,(H,25,26). The van der Waals surface area contributed by atoms with Gasteiger partial charge in [0.1, 0.15) is 18.2 Å². The smallest absolute Gasteiger partial charge is 0.196 e. The number of hydrogen-bond donors (Lipinski definition) is 1. The van der Waals surface area contributed by atoms with Gasteiger partial charge < -0.3 is 4.74 Å². The van der Waals surface area contributed by atoms with E-state index in [0.717, 1.165) is 5.69 Å². The van der Waals surface area contributed by atoms with Crippen LogP contribution < -0.4 is 4.74 Å². The third-order valence-corrected chi connectivity index (χ3v) is 4.23. The SMILES string of the molecule is O=C(c1cccc(OCc2ccccn2)c1)c1cn[nH]c1-c1ccc(F)cc1. The maximum absolute atomic E-state index is 13.2. The van der Waals surface area contributed by atoms with Crippen molar-refractivity contribution in [3.8, 4) is 17.0 Å². The zero-order chi connectivity index (χ0) is 19.3. The number of H-pyrrole nitrogens is 1. The lowest BCUT2D eigenvalue weighted by atomic mass is 10.0. The van der Waals surface area contributed by atoms with Crippen LogP contribution in [0.5, 0.6) is 5.75 Å². The number of pyridine rings is 1. The van der Waals surface area contributed by atoms with E-state index >= 15 is 0 Å². The molecular formula is C22H16FN3O2. The Labute approximate surface area is 160 Å². The van der Waals surface area contributed by atoms with Crippen LogP contribution in [0.3, 0.4) is 0 Å². The molecule has 2 aromatic carbocycles. The summed E-state index contributed by atoms with van der Waals surface area (Å²) < 4.78 is 18.9. The number of carbonyl (C=O) groups excluding carboxylic acids is 1. The highest BCUT2D eigenvalue weighted by molar-refractivity contribution is 6.12. The maximum atomic E-state index is 13.2. The first kappa shape index (κ1) is 17.6. The molecule has 0 aliphatic carbocycles. The van der Waals surface area contributed by atoms with Crippen molar-refractivity contribution in [2.24, 2.45) is 0 Å². The molecule has 0 unspecified atom stereocenters. The quantitative estimate of drug-likeness (QED) is 0.508. The largest absolute Gasteiger partial charge is 0.487 e. The van der Waals surface area contributed by atoms with Crippen LogP contribution in [-0.4, -0.2) is 21.0 Å². The first-order valence-electron chi connectivity index (χ1n) is 8.67. The number of nitrogens with zero attached hydrogens (tertiary/aromatic N) is 2. The fraction of sp³-hybridized carbons (Fsp3) is 0.0455. The summed E-state index contributed by atoms with van der Waals surface area (Å²) in [5.41, 5.74) is 2.92. The van der Waals surface area contributed by atoms with E-state index in [4.69, 9.17) is 4.74 Å². The van der Waals surface area contributed by atoms with Crippen LogP contribution in [0.25, 0.3) is 11.3 Å². The molecule has 0 aliphatic rings. The Balaban J connectivity index is 1.56. The second-order valence-corrected chi connectivity index (χ2v) is 6.13. The van der Waals surface area contributed by atoms with Crippen molar-refractivity contribution >= 4 is 5.78 Å². The molecule has 2 aromatic heterocycles. The Bertz CT molecular complexity index is 1090. The molecule has 5 nitrogen and oxygen atoms in total. The molecule has 4 aromatic rings. The van der Waals surface area contributed by atoms with Crippen LogP contribution >= 0.6 is 0 Å². The number of benzene rings is 2. The zero-order valence-corrected chi connectivity index (χ0v) is 14.8. The molecule has 0 saturated carbocycles. The van der Waals surface area contributed by atoms with E-state index in [1.54, 1.807) is 42.6 Å². The van der Waals surface area contributed by atoms with Gasteiger partial charge in [-0.1, -0.05) is 18.2 Å². The summed E-state index contributed by atoms with van der Waals surface area (Å²) in [7, 11) is 0. The number of aromatic nitrogens is 3. The normalized spacial score (nSPS) is 10.6. The number of aromatic amines is 1. The van der Waals surface area contributed by atoms with E-state index in [1.165, 1.54) is 18.3 Å². The van der Waals surface area contributed by atoms with E-state index in [2.05, 4.69) is 15.2 Å². The highest BCUT2D eigenvalue weighted by Gasteiger charge is 2.17. The molecule has 4 rings (SSSR count). The van der Waals surface area contributed by atoms with Crippen LogP contribution in [-0.2, 0) is 6.61 Å². The van der Waals surface area contributed by atoms with Crippen LogP contribution in [0.2, 0.25) is 0 Å². The second kappa shape index (κ2) is 7.84. The fourth-order valence-electron chi connectivity index (χ4n) is 2.82. The Morgan fingerprint density at radius 3 is 2.68 bits per heavy atom. The molecule has 28 heavy (non-hydrogen) atoms. The molecule has 0 saturated heterocycles. The summed E-state index contributed by atoms with van der Waals surface area (Å²) in [6.07, 6.45) is 3.18. The molecule has 0 atom stereocenters. The summed E-state index contributed by atoms with van der Waals surface area (Å²) in [6, 6.07) is 18.5. The lowest BCUT2D eigenvalue weighted by molar-refractivity contribution is 0.103. The molecule has 0 fully saturated rings. The van der Waals surface area contributed by atoms with Gasteiger partial charge in [0.15, 0.2) is 5.78 Å². The Hall–Kier alpha value is -3.80. The molecule has 0 bridgehead atoms. The van der Waals surface area contributed by atoms with Crippen molar-refractivity contribution in [1.82, 2.24) is 15.2 Å². The second-order valence-electron chi connectivity index (χ2n) is 6.13. The molecule has 6 heteroatoms. The molecule has 0 spiro atoms. The maximum Gasteiger partial charge on any atom is 0.196 e.